The molecule has 1 aromatic rings. The fraction of sp³-hybridized carbons (Fsp3) is 0.250. The Kier molecular flexibility index (Phi) is 4.78. The maximum atomic E-state index is 11.8. The molecule has 0 aliphatic carbocycles. The highest BCUT2D eigenvalue weighted by Crippen LogP contribution is 2.16. The predicted molar refractivity (Wildman–Crippen MR) is 65.1 cm³/mol. The van der Waals surface area contributed by atoms with E-state index in [4.69, 9.17) is 5.53 Å². The molecule has 1 atom stereocenters. The van der Waals surface area contributed by atoms with E-state index in [9.17, 15) is 9.59 Å². The molecule has 0 aromatic heterocycles. The number of hydrogen-bond donors (Lipinski definition) is 0. The molecule has 94 valence electrons. The monoisotopic (exact) mass is 247 g/mol. The largest absolute Gasteiger partial charge is 0.467 e. The number of esters is 1. The molecule has 1 unspecified atom stereocenters. The Morgan fingerprint density at radius 3 is 2.50 bits per heavy atom. The highest BCUT2D eigenvalue weighted by atomic mass is 16.5. The van der Waals surface area contributed by atoms with Gasteiger partial charge in [-0.3, -0.25) is 9.69 Å². The summed E-state index contributed by atoms with van der Waals surface area (Å²) in [6.07, 6.45) is 0.729. The van der Waals surface area contributed by atoms with Gasteiger partial charge in [0.2, 0.25) is 0 Å². The molecule has 0 spiro atoms. The zero-order chi connectivity index (χ0) is 13.5. The fourth-order valence-corrected chi connectivity index (χ4v) is 1.52. The van der Waals surface area contributed by atoms with E-state index in [0.29, 0.717) is 5.69 Å². The van der Waals surface area contributed by atoms with Crippen molar-refractivity contribution in [2.75, 3.05) is 12.0 Å². The summed E-state index contributed by atoms with van der Waals surface area (Å²) >= 11 is 0. The van der Waals surface area contributed by atoms with Gasteiger partial charge in [-0.15, -0.1) is 0 Å². The van der Waals surface area contributed by atoms with Gasteiger partial charge in [-0.05, 0) is 19.1 Å². The van der Waals surface area contributed by atoms with Crippen molar-refractivity contribution >= 4 is 23.8 Å². The summed E-state index contributed by atoms with van der Waals surface area (Å²) in [6, 6.07) is 7.77. The standard InChI is InChI=1S/C12H13N3O3/c1-9(12(17)18-2)15(11(16)8-14-13)10-6-4-3-5-7-10/h3-9H,1-2H3. The van der Waals surface area contributed by atoms with Crippen molar-refractivity contribution in [3.63, 3.8) is 0 Å². The van der Waals surface area contributed by atoms with E-state index in [1.165, 1.54) is 18.9 Å². The Hall–Kier alpha value is -2.46. The second-order valence-corrected chi connectivity index (χ2v) is 3.49. The number of anilines is 1. The van der Waals surface area contributed by atoms with Crippen LogP contribution in [0.3, 0.4) is 0 Å². The maximum absolute atomic E-state index is 11.8. The molecular formula is C12H13N3O3. The van der Waals surface area contributed by atoms with E-state index in [-0.39, 0.29) is 0 Å². The van der Waals surface area contributed by atoms with E-state index < -0.39 is 17.9 Å². The molecule has 1 amide bonds. The molecule has 1 rings (SSSR count). The molecule has 0 heterocycles. The first-order chi connectivity index (χ1) is 8.61. The summed E-state index contributed by atoms with van der Waals surface area (Å²) in [7, 11) is 1.24. The summed E-state index contributed by atoms with van der Waals surface area (Å²) in [5.41, 5.74) is 8.93. The van der Waals surface area contributed by atoms with E-state index in [1.807, 2.05) is 0 Å². The van der Waals surface area contributed by atoms with Crippen LogP contribution >= 0.6 is 0 Å². The highest BCUT2D eigenvalue weighted by molar-refractivity contribution is 6.31. The molecule has 0 bridgehead atoms. The van der Waals surface area contributed by atoms with Crippen LogP contribution in [0.15, 0.2) is 30.3 Å². The number of ether oxygens (including phenoxy) is 1. The lowest BCUT2D eigenvalue weighted by atomic mass is 10.2. The molecule has 0 saturated carbocycles. The first kappa shape index (κ1) is 13.6. The van der Waals surface area contributed by atoms with Gasteiger partial charge < -0.3 is 10.3 Å². The number of nitrogens with zero attached hydrogens (tertiary/aromatic N) is 3. The van der Waals surface area contributed by atoms with E-state index in [2.05, 4.69) is 9.53 Å². The van der Waals surface area contributed by atoms with Gasteiger partial charge in [0.15, 0.2) is 0 Å². The molecule has 6 nitrogen and oxygen atoms in total. The zero-order valence-corrected chi connectivity index (χ0v) is 10.1. The molecule has 0 N–H and O–H groups in total. The third-order valence-electron chi connectivity index (χ3n) is 2.37. The second kappa shape index (κ2) is 6.32. The number of carbonyl (C=O) groups is 2. The van der Waals surface area contributed by atoms with Crippen molar-refractivity contribution in [3.05, 3.63) is 35.9 Å². The Balaban J connectivity index is 3.14. The molecule has 0 saturated heterocycles. The van der Waals surface area contributed by atoms with Crippen LogP contribution in [0, 0.1) is 0 Å². The fourth-order valence-electron chi connectivity index (χ4n) is 1.52. The minimum absolute atomic E-state index is 0.514. The SMILES string of the molecule is COC(=O)C(C)N(C(=O)C=[N+]=[N-])c1ccccc1. The van der Waals surface area contributed by atoms with Crippen LogP contribution in [0.4, 0.5) is 5.69 Å². The summed E-state index contributed by atoms with van der Waals surface area (Å²) in [4.78, 5) is 27.2. The van der Waals surface area contributed by atoms with Crippen LogP contribution in [0.5, 0.6) is 0 Å². The average Bonchev–Trinajstić information content (AvgIpc) is 2.39. The van der Waals surface area contributed by atoms with Gasteiger partial charge in [-0.25, -0.2) is 4.79 Å². The quantitative estimate of drug-likeness (QED) is 0.342. The topological polar surface area (TPSA) is 83.0 Å². The smallest absolute Gasteiger partial charge is 0.345 e. The first-order valence-corrected chi connectivity index (χ1v) is 5.25. The second-order valence-electron chi connectivity index (χ2n) is 3.49. The summed E-state index contributed by atoms with van der Waals surface area (Å²) in [5.74, 6) is -1.17. The molecular weight excluding hydrogens is 234 g/mol. The van der Waals surface area contributed by atoms with Gasteiger partial charge in [-0.2, -0.15) is 4.79 Å². The Labute approximate surface area is 104 Å². The Morgan fingerprint density at radius 2 is 2.00 bits per heavy atom. The number of para-hydroxylation sites is 1. The summed E-state index contributed by atoms with van der Waals surface area (Å²) < 4.78 is 4.60. The highest BCUT2D eigenvalue weighted by Gasteiger charge is 2.28. The molecule has 0 radical (unpaired) electrons. The molecule has 18 heavy (non-hydrogen) atoms. The molecule has 0 aliphatic heterocycles. The molecule has 1 aromatic carbocycles. The van der Waals surface area contributed by atoms with Crippen molar-refractivity contribution in [2.24, 2.45) is 0 Å². The number of methoxy groups -OCH3 is 1. The van der Waals surface area contributed by atoms with Crippen LogP contribution in [0.1, 0.15) is 6.92 Å². The third-order valence-corrected chi connectivity index (χ3v) is 2.37. The molecule has 0 fully saturated rings. The average molecular weight is 247 g/mol. The normalized spacial score (nSPS) is 11.0. The number of amides is 1. The van der Waals surface area contributed by atoms with E-state index in [1.54, 1.807) is 30.3 Å². The minimum Gasteiger partial charge on any atom is -0.467 e. The van der Waals surface area contributed by atoms with E-state index in [0.717, 1.165) is 6.21 Å². The van der Waals surface area contributed by atoms with E-state index >= 15 is 0 Å². The summed E-state index contributed by atoms with van der Waals surface area (Å²) in [6.45, 7) is 1.53. The van der Waals surface area contributed by atoms with Crippen molar-refractivity contribution in [3.8, 4) is 0 Å². The van der Waals surface area contributed by atoms with Crippen LogP contribution in [0.25, 0.3) is 5.53 Å². The lowest BCUT2D eigenvalue weighted by Crippen LogP contribution is -2.44. The van der Waals surface area contributed by atoms with Crippen molar-refractivity contribution in [1.29, 1.82) is 0 Å². The number of carbonyl (C=O) groups excluding carboxylic acids is 2. The Morgan fingerprint density at radius 1 is 1.39 bits per heavy atom. The van der Waals surface area contributed by atoms with Crippen LogP contribution in [0.2, 0.25) is 0 Å². The van der Waals surface area contributed by atoms with Gasteiger partial charge in [-0.1, -0.05) is 18.2 Å². The maximum Gasteiger partial charge on any atom is 0.345 e. The molecule has 6 heteroatoms. The molecule has 0 aliphatic rings. The number of benzene rings is 1. The number of hydrogen-bond acceptors (Lipinski definition) is 3. The van der Waals surface area contributed by atoms with Gasteiger partial charge >= 0.3 is 18.1 Å². The van der Waals surface area contributed by atoms with Crippen LogP contribution in [-0.4, -0.2) is 36.0 Å². The van der Waals surface area contributed by atoms with Crippen molar-refractivity contribution < 1.29 is 19.1 Å². The minimum atomic E-state index is -0.817. The van der Waals surface area contributed by atoms with Crippen molar-refractivity contribution in [1.82, 2.24) is 0 Å². The lowest BCUT2D eigenvalue weighted by Gasteiger charge is -2.24. The third kappa shape index (κ3) is 3.02. The van der Waals surface area contributed by atoms with Gasteiger partial charge in [0.25, 0.3) is 0 Å². The lowest BCUT2D eigenvalue weighted by molar-refractivity contribution is -0.142. The number of rotatable bonds is 4. The van der Waals surface area contributed by atoms with Crippen molar-refractivity contribution in [2.45, 2.75) is 13.0 Å². The zero-order valence-electron chi connectivity index (χ0n) is 10.1. The van der Waals surface area contributed by atoms with Gasteiger partial charge in [0.05, 0.1) is 7.11 Å². The van der Waals surface area contributed by atoms with Gasteiger partial charge in [0, 0.05) is 5.69 Å². The first-order valence-electron chi connectivity index (χ1n) is 5.25. The van der Waals surface area contributed by atoms with Crippen LogP contribution < -0.4 is 4.90 Å². The Bertz CT molecular complexity index is 481. The summed E-state index contributed by atoms with van der Waals surface area (Å²) in [5, 5.41) is 0. The van der Waals surface area contributed by atoms with Crippen LogP contribution in [-0.2, 0) is 14.3 Å². The predicted octanol–water partition coefficient (Wildman–Crippen LogP) is 0.882. The van der Waals surface area contributed by atoms with Gasteiger partial charge in [0.1, 0.15) is 6.04 Å².